The summed E-state index contributed by atoms with van der Waals surface area (Å²) in [5, 5.41) is 75.4. The number of rotatable bonds is 27. The second-order valence-corrected chi connectivity index (χ2v) is 28.6. The number of aliphatic carboxylic acids is 3. The van der Waals surface area contributed by atoms with Crippen molar-refractivity contribution in [2.45, 2.75) is 143 Å². The van der Waals surface area contributed by atoms with E-state index < -0.39 is 136 Å². The van der Waals surface area contributed by atoms with Crippen molar-refractivity contribution in [3.8, 4) is 5.75 Å². The number of anilines is 1. The van der Waals surface area contributed by atoms with Crippen LogP contribution in [0.1, 0.15) is 101 Å². The molecule has 1 aliphatic carbocycles. The molecule has 524 valence electrons. The maximum atomic E-state index is 15.6. The highest BCUT2D eigenvalue weighted by molar-refractivity contribution is 8.76. The van der Waals surface area contributed by atoms with E-state index >= 15 is 9.59 Å². The van der Waals surface area contributed by atoms with Gasteiger partial charge in [0.25, 0.3) is 5.91 Å². The SMILES string of the molecule is CC[C@]1(O)C[C@H]2CN(CCc3c([nH]c4ccccc34)[C@@](C(=O)OC)(c3cc4c(cc3OC)N(C)[C@H]3[C@](O)(C(=O)NNC(=O)OCCSSC[C@H](NC(=O)[C@H](CC(=O)O)NC(=O)[C@H](CC(=O)O)NC(=O)[C@@H](C)CCCN=C(N)N)C(=O)O)[C@H](O)[C@]5(CC)C=CCN6CC[C@]43[C@@H]65)C2)C1. The average Bonchev–Trinajstić information content (AvgIpc) is 1.46. The predicted octanol–water partition coefficient (Wildman–Crippen LogP) is 0.564. The lowest BCUT2D eigenvalue weighted by molar-refractivity contribution is -0.204. The van der Waals surface area contributed by atoms with Gasteiger partial charge in [0.2, 0.25) is 17.7 Å². The zero-order valence-electron chi connectivity index (χ0n) is 54.5. The van der Waals surface area contributed by atoms with Crippen LogP contribution in [0.3, 0.4) is 0 Å². The summed E-state index contributed by atoms with van der Waals surface area (Å²) in [6, 6.07) is 4.64. The van der Waals surface area contributed by atoms with E-state index in [0.29, 0.717) is 93.1 Å². The van der Waals surface area contributed by atoms with Gasteiger partial charge in [-0.05, 0) is 87.1 Å². The third-order valence-electron chi connectivity index (χ3n) is 20.4. The Kier molecular flexibility index (Phi) is 22.2. The van der Waals surface area contributed by atoms with E-state index in [0.717, 1.165) is 38.1 Å². The van der Waals surface area contributed by atoms with Gasteiger partial charge in [-0.2, -0.15) is 0 Å². The number of aliphatic imine (C=N–C) groups is 1. The van der Waals surface area contributed by atoms with Gasteiger partial charge in [-0.25, -0.2) is 15.0 Å². The first-order chi connectivity index (χ1) is 45.6. The third kappa shape index (κ3) is 13.7. The number of aliphatic hydroxyl groups is 3. The van der Waals surface area contributed by atoms with Gasteiger partial charge in [-0.1, -0.05) is 72.7 Å². The first kappa shape index (κ1) is 72.4. The van der Waals surface area contributed by atoms with Crippen LogP contribution in [0.25, 0.3) is 10.9 Å². The van der Waals surface area contributed by atoms with E-state index in [1.54, 1.807) is 11.9 Å². The van der Waals surface area contributed by atoms with Crippen LogP contribution in [0.2, 0.25) is 0 Å². The highest BCUT2D eigenvalue weighted by atomic mass is 33.1. The monoisotopic (exact) mass is 1380 g/mol. The summed E-state index contributed by atoms with van der Waals surface area (Å²) in [6.07, 6.45) is 1.79. The molecule has 5 aliphatic heterocycles. The van der Waals surface area contributed by atoms with Crippen LogP contribution in [0.4, 0.5) is 10.5 Å². The van der Waals surface area contributed by atoms with Crippen LogP contribution < -0.4 is 47.9 Å². The number of carbonyl (C=O) groups excluding carboxylic acids is 6. The molecule has 3 aromatic rings. The number of hydrazine groups is 1. The molecule has 6 aliphatic rings. The number of hydrogen-bond donors (Lipinski definition) is 14. The van der Waals surface area contributed by atoms with Crippen molar-refractivity contribution in [2.75, 3.05) is 83.5 Å². The fourth-order valence-corrected chi connectivity index (χ4v) is 18.1. The van der Waals surface area contributed by atoms with Gasteiger partial charge >= 0.3 is 30.0 Å². The van der Waals surface area contributed by atoms with E-state index in [9.17, 15) is 64.2 Å². The lowest BCUT2D eigenvalue weighted by Gasteiger charge is -2.63. The Labute approximate surface area is 562 Å². The number of aromatic amines is 1. The van der Waals surface area contributed by atoms with E-state index in [4.69, 9.17) is 25.7 Å². The maximum Gasteiger partial charge on any atom is 0.426 e. The molecule has 1 aromatic heterocycles. The third-order valence-corrected chi connectivity index (χ3v) is 22.8. The summed E-state index contributed by atoms with van der Waals surface area (Å²) in [6.45, 7) is 7.95. The summed E-state index contributed by atoms with van der Waals surface area (Å²) >= 11 is 0. The normalized spacial score (nSPS) is 28.2. The van der Waals surface area contributed by atoms with Crippen molar-refractivity contribution in [1.82, 2.24) is 41.6 Å². The number of aliphatic hydroxyl groups excluding tert-OH is 1. The van der Waals surface area contributed by atoms with E-state index in [1.165, 1.54) is 21.1 Å². The van der Waals surface area contributed by atoms with Crippen molar-refractivity contribution in [3.05, 3.63) is 70.9 Å². The summed E-state index contributed by atoms with van der Waals surface area (Å²) in [4.78, 5) is 134. The second-order valence-electron chi connectivity index (χ2n) is 26.0. The molecule has 96 heavy (non-hydrogen) atoms. The topological polar surface area (TPSA) is 453 Å². The number of methoxy groups -OCH3 is 2. The standard InChI is InChI=1S/C64H88N12O18S2/c1-7-60(90)29-35-30-63(57(88)93-6,48-37(16-21-75(31-35)33-60)36-14-9-10-15-40(36)68-48)39-25-38-44(28-45(39)92-5)74(4)54-62(38)18-22-76-20-12-17-61(8-2,53(62)76)55(86)64(54,91)56(87)72-73-59(89)94-23-24-95-96-32-43(52(84)85)71-51(83)42(27-47(79)80)70-50(82)41(26-46(77)78)69-49(81)34(3)13-11-19-67-58(65)66/h9-10,12,14-15,17,25,28,34-35,41-43,53-55,68,86,90-91H,7-8,11,13,16,18-24,26-27,29-33H2,1-6H3,(H,69,81)(H,70,82)(H,71,83)(H,72,87)(H,73,89)(H,77,78)(H,79,80)(H,84,85)(H4,65,66,67)/t34-,35+,41-,42-,43-,53-,54+,55+,60-,61+,62+,63-,64+/m0/s1. The molecule has 0 radical (unpaired) electrons. The number of nitrogens with one attached hydrogen (secondary N) is 6. The fraction of sp³-hybridized carbons (Fsp3) is 0.594. The number of H-pyrrole nitrogens is 1. The molecule has 1 saturated carbocycles. The highest BCUT2D eigenvalue weighted by Gasteiger charge is 2.79. The van der Waals surface area contributed by atoms with Crippen LogP contribution >= 0.6 is 21.6 Å². The Balaban J connectivity index is 0.902. The molecule has 5 amide bonds. The number of carbonyl (C=O) groups is 9. The van der Waals surface area contributed by atoms with Gasteiger partial charge in [0.05, 0.1) is 38.7 Å². The van der Waals surface area contributed by atoms with Crippen molar-refractivity contribution < 1.29 is 88.0 Å². The number of para-hydroxylation sites is 1. The Morgan fingerprint density at radius 1 is 0.854 bits per heavy atom. The number of benzene rings is 2. The number of nitrogens with zero attached hydrogens (tertiary/aromatic N) is 4. The molecule has 14 atom stereocenters. The number of hydrogen-bond acceptors (Lipinski definition) is 21. The van der Waals surface area contributed by atoms with Gasteiger partial charge in [-0.15, -0.1) is 0 Å². The molecule has 16 N–H and O–H groups in total. The van der Waals surface area contributed by atoms with E-state index in [-0.39, 0.29) is 55.8 Å². The lowest BCUT2D eigenvalue weighted by Crippen LogP contribution is -2.82. The number of fused-ring (bicyclic) bond motifs is 6. The number of amides is 5. The number of aromatic nitrogens is 1. The maximum absolute atomic E-state index is 15.6. The number of ether oxygens (including phenoxy) is 3. The highest BCUT2D eigenvalue weighted by Crippen LogP contribution is 2.68. The molecule has 2 aromatic carbocycles. The van der Waals surface area contributed by atoms with Crippen molar-refractivity contribution in [2.24, 2.45) is 33.7 Å². The van der Waals surface area contributed by atoms with Gasteiger partial charge < -0.3 is 82.2 Å². The minimum atomic E-state index is -2.68. The van der Waals surface area contributed by atoms with Crippen molar-refractivity contribution in [1.29, 1.82) is 0 Å². The molecule has 3 fully saturated rings. The quantitative estimate of drug-likeness (QED) is 0.00943. The second kappa shape index (κ2) is 29.5. The molecular formula is C64H88N12O18S2. The molecule has 1 unspecified atom stereocenters. The minimum Gasteiger partial charge on any atom is -0.496 e. The van der Waals surface area contributed by atoms with Gasteiger partial charge in [-0.3, -0.25) is 53.8 Å². The number of carboxylic acid groups (broad SMARTS) is 3. The van der Waals surface area contributed by atoms with Crippen LogP contribution in [0.5, 0.6) is 5.75 Å². The van der Waals surface area contributed by atoms with E-state index in [1.807, 2.05) is 62.4 Å². The Bertz CT molecular complexity index is 3560. The molecular weight excluding hydrogens is 1290 g/mol. The number of guanidine groups is 1. The van der Waals surface area contributed by atoms with Gasteiger partial charge in [0.15, 0.2) is 11.6 Å². The minimum absolute atomic E-state index is 0.0134. The summed E-state index contributed by atoms with van der Waals surface area (Å²) in [7, 11) is 6.53. The smallest absolute Gasteiger partial charge is 0.426 e. The molecule has 1 spiro atoms. The van der Waals surface area contributed by atoms with E-state index in [2.05, 4.69) is 46.6 Å². The zero-order chi connectivity index (χ0) is 69.8. The predicted molar refractivity (Wildman–Crippen MR) is 353 cm³/mol. The average molecular weight is 1380 g/mol. The number of esters is 1. The summed E-state index contributed by atoms with van der Waals surface area (Å²) < 4.78 is 17.7. The van der Waals surface area contributed by atoms with Crippen molar-refractivity contribution in [3.63, 3.8) is 0 Å². The molecule has 32 heteroatoms. The van der Waals surface area contributed by atoms with Crippen LogP contribution in [-0.2, 0) is 65.1 Å². The first-order valence-electron chi connectivity index (χ1n) is 32.1. The van der Waals surface area contributed by atoms with Gasteiger partial charge in [0.1, 0.15) is 42.0 Å². The summed E-state index contributed by atoms with van der Waals surface area (Å²) in [5.41, 5.74) is 11.7. The number of nitrogens with two attached hydrogens (primary N) is 2. The fourth-order valence-electron chi connectivity index (χ4n) is 16.2. The molecule has 30 nitrogen and oxygen atoms in total. The molecule has 2 bridgehead atoms. The molecule has 9 rings (SSSR count). The van der Waals surface area contributed by atoms with Crippen LogP contribution in [0.15, 0.2) is 53.5 Å². The molecule has 6 heterocycles. The largest absolute Gasteiger partial charge is 0.496 e. The number of likely N-dealkylation sites (N-methyl/N-ethyl adjacent to an activating group) is 1. The van der Waals surface area contributed by atoms with Crippen molar-refractivity contribution >= 4 is 97.7 Å². The zero-order valence-corrected chi connectivity index (χ0v) is 56.1. The Hall–Kier alpha value is -7.88. The van der Waals surface area contributed by atoms with Crippen LogP contribution in [0, 0.1) is 17.3 Å². The van der Waals surface area contributed by atoms with Gasteiger partial charge in [0, 0.05) is 108 Å². The Morgan fingerprint density at radius 2 is 1.54 bits per heavy atom. The first-order valence-corrected chi connectivity index (χ1v) is 34.6. The number of piperidine rings is 1. The van der Waals surface area contributed by atoms with Crippen LogP contribution in [-0.4, -0.2) is 231 Å². The number of carboxylic acids is 3. The molecule has 2 saturated heterocycles. The summed E-state index contributed by atoms with van der Waals surface area (Å²) in [5.74, 6) is -10.7. The Morgan fingerprint density at radius 3 is 2.19 bits per heavy atom. The lowest BCUT2D eigenvalue weighted by atomic mass is 9.47.